The third-order valence-corrected chi connectivity index (χ3v) is 5.34. The average molecular weight is 330 g/mol. The summed E-state index contributed by atoms with van der Waals surface area (Å²) in [6, 6.07) is 5.99. The van der Waals surface area contributed by atoms with Crippen molar-refractivity contribution in [1.29, 1.82) is 0 Å². The summed E-state index contributed by atoms with van der Waals surface area (Å²) in [5.74, 6) is 0.257. The molecule has 116 valence electrons. The van der Waals surface area contributed by atoms with Gasteiger partial charge in [-0.3, -0.25) is 4.79 Å². The third-order valence-electron chi connectivity index (χ3n) is 3.81. The fourth-order valence-electron chi connectivity index (χ4n) is 2.60. The van der Waals surface area contributed by atoms with E-state index in [9.17, 15) is 13.2 Å². The van der Waals surface area contributed by atoms with Crippen LogP contribution in [0.15, 0.2) is 29.2 Å². The topological polar surface area (TPSA) is 63.2 Å². The van der Waals surface area contributed by atoms with Crippen molar-refractivity contribution >= 4 is 27.3 Å². The summed E-state index contributed by atoms with van der Waals surface area (Å²) >= 11 is 6.13. The number of hydrogen-bond donors (Lipinski definition) is 1. The van der Waals surface area contributed by atoms with Crippen molar-refractivity contribution in [2.75, 3.05) is 12.8 Å². The van der Waals surface area contributed by atoms with Gasteiger partial charge in [-0.2, -0.15) is 0 Å². The van der Waals surface area contributed by atoms with Crippen LogP contribution in [-0.2, 0) is 9.84 Å². The van der Waals surface area contributed by atoms with E-state index in [1.807, 2.05) is 0 Å². The molecule has 2 rings (SSSR count). The molecule has 1 aliphatic rings. The van der Waals surface area contributed by atoms with Gasteiger partial charge in [0.05, 0.1) is 4.90 Å². The van der Waals surface area contributed by atoms with Crippen LogP contribution in [0.5, 0.6) is 0 Å². The Labute approximate surface area is 130 Å². The number of halogens is 1. The SMILES string of the molecule is CS(=O)(=O)c1ccc(C(=O)NCC2CCCC(Cl)C2)cc1. The zero-order valence-corrected chi connectivity index (χ0v) is 13.6. The number of carbonyl (C=O) groups is 1. The van der Waals surface area contributed by atoms with Crippen LogP contribution in [0, 0.1) is 5.92 Å². The lowest BCUT2D eigenvalue weighted by Crippen LogP contribution is -2.32. The minimum Gasteiger partial charge on any atom is -0.352 e. The van der Waals surface area contributed by atoms with E-state index in [1.165, 1.54) is 24.3 Å². The number of carbonyl (C=O) groups excluding carboxylic acids is 1. The number of amides is 1. The number of alkyl halides is 1. The van der Waals surface area contributed by atoms with Crippen molar-refractivity contribution in [1.82, 2.24) is 5.32 Å². The average Bonchev–Trinajstić information content (AvgIpc) is 2.44. The molecule has 1 saturated carbocycles. The molecule has 1 aromatic carbocycles. The molecular weight excluding hydrogens is 310 g/mol. The molecule has 1 fully saturated rings. The quantitative estimate of drug-likeness (QED) is 0.864. The predicted molar refractivity (Wildman–Crippen MR) is 83.5 cm³/mol. The summed E-state index contributed by atoms with van der Waals surface area (Å²) in [5.41, 5.74) is 0.473. The monoisotopic (exact) mass is 329 g/mol. The minimum atomic E-state index is -3.23. The Hall–Kier alpha value is -1.07. The van der Waals surface area contributed by atoms with Gasteiger partial charge in [-0.1, -0.05) is 6.42 Å². The van der Waals surface area contributed by atoms with Gasteiger partial charge in [-0.05, 0) is 49.4 Å². The highest BCUT2D eigenvalue weighted by molar-refractivity contribution is 7.90. The molecule has 0 aromatic heterocycles. The van der Waals surface area contributed by atoms with Crippen LogP contribution in [0.2, 0.25) is 0 Å². The standard InChI is InChI=1S/C15H20ClNO3S/c1-21(19,20)14-7-5-12(6-8-14)15(18)17-10-11-3-2-4-13(16)9-11/h5-8,11,13H,2-4,9-10H2,1H3,(H,17,18). The van der Waals surface area contributed by atoms with Gasteiger partial charge in [-0.15, -0.1) is 11.6 Å². The van der Waals surface area contributed by atoms with Crippen LogP contribution < -0.4 is 5.32 Å². The summed E-state index contributed by atoms with van der Waals surface area (Å²) in [6.07, 6.45) is 5.34. The number of hydrogen-bond acceptors (Lipinski definition) is 3. The highest BCUT2D eigenvalue weighted by atomic mass is 35.5. The molecule has 0 heterocycles. The van der Waals surface area contributed by atoms with E-state index in [-0.39, 0.29) is 16.2 Å². The number of rotatable bonds is 4. The van der Waals surface area contributed by atoms with Gasteiger partial charge < -0.3 is 5.32 Å². The molecule has 0 aliphatic heterocycles. The van der Waals surface area contributed by atoms with Crippen LogP contribution in [0.1, 0.15) is 36.0 Å². The maximum atomic E-state index is 12.0. The van der Waals surface area contributed by atoms with E-state index in [0.29, 0.717) is 18.0 Å². The van der Waals surface area contributed by atoms with Crippen LogP contribution in [0.4, 0.5) is 0 Å². The summed E-state index contributed by atoms with van der Waals surface area (Å²) in [5, 5.41) is 3.12. The first kappa shape index (κ1) is 16.3. The Balaban J connectivity index is 1.91. The molecule has 2 atom stereocenters. The van der Waals surface area contributed by atoms with Gasteiger partial charge in [0.2, 0.25) is 0 Å². The first-order valence-corrected chi connectivity index (χ1v) is 9.41. The van der Waals surface area contributed by atoms with Crippen molar-refractivity contribution in [3.8, 4) is 0 Å². The number of sulfone groups is 1. The lowest BCUT2D eigenvalue weighted by Gasteiger charge is -2.25. The van der Waals surface area contributed by atoms with Crippen LogP contribution in [-0.4, -0.2) is 32.5 Å². The fourth-order valence-corrected chi connectivity index (χ4v) is 3.64. The van der Waals surface area contributed by atoms with E-state index in [2.05, 4.69) is 5.32 Å². The third kappa shape index (κ3) is 4.71. The molecule has 0 saturated heterocycles. The zero-order valence-electron chi connectivity index (χ0n) is 12.0. The summed E-state index contributed by atoms with van der Waals surface area (Å²) in [6.45, 7) is 0.621. The van der Waals surface area contributed by atoms with Gasteiger partial charge in [0, 0.05) is 23.7 Å². The van der Waals surface area contributed by atoms with Gasteiger partial charge in [0.15, 0.2) is 9.84 Å². The van der Waals surface area contributed by atoms with Gasteiger partial charge in [0.1, 0.15) is 0 Å². The van der Waals surface area contributed by atoms with Crippen molar-refractivity contribution in [3.63, 3.8) is 0 Å². The van der Waals surface area contributed by atoms with Crippen molar-refractivity contribution < 1.29 is 13.2 Å². The smallest absolute Gasteiger partial charge is 0.251 e. The number of nitrogens with one attached hydrogen (secondary N) is 1. The maximum Gasteiger partial charge on any atom is 0.251 e. The lowest BCUT2D eigenvalue weighted by atomic mass is 9.89. The predicted octanol–water partition coefficient (Wildman–Crippen LogP) is 2.62. The Morgan fingerprint density at radius 1 is 1.29 bits per heavy atom. The Morgan fingerprint density at radius 2 is 1.95 bits per heavy atom. The van der Waals surface area contributed by atoms with Crippen molar-refractivity contribution in [2.24, 2.45) is 5.92 Å². The molecule has 1 amide bonds. The molecule has 1 N–H and O–H groups in total. The highest BCUT2D eigenvalue weighted by Crippen LogP contribution is 2.27. The molecule has 0 radical (unpaired) electrons. The van der Waals surface area contributed by atoms with Gasteiger partial charge >= 0.3 is 0 Å². The fraction of sp³-hybridized carbons (Fsp3) is 0.533. The largest absolute Gasteiger partial charge is 0.352 e. The van der Waals surface area contributed by atoms with Crippen LogP contribution >= 0.6 is 11.6 Å². The minimum absolute atomic E-state index is 0.174. The van der Waals surface area contributed by atoms with E-state index in [4.69, 9.17) is 11.6 Å². The van der Waals surface area contributed by atoms with Gasteiger partial charge in [0.25, 0.3) is 5.91 Å². The Morgan fingerprint density at radius 3 is 2.52 bits per heavy atom. The van der Waals surface area contributed by atoms with Crippen LogP contribution in [0.25, 0.3) is 0 Å². The first-order chi connectivity index (χ1) is 9.86. The van der Waals surface area contributed by atoms with E-state index in [0.717, 1.165) is 31.9 Å². The second-order valence-electron chi connectivity index (χ2n) is 5.64. The summed E-state index contributed by atoms with van der Waals surface area (Å²) < 4.78 is 22.7. The van der Waals surface area contributed by atoms with Crippen molar-refractivity contribution in [2.45, 2.75) is 36.0 Å². The molecule has 1 aromatic rings. The lowest BCUT2D eigenvalue weighted by molar-refractivity contribution is 0.0943. The first-order valence-electron chi connectivity index (χ1n) is 7.08. The maximum absolute atomic E-state index is 12.0. The molecule has 1 aliphatic carbocycles. The zero-order chi connectivity index (χ0) is 15.5. The molecule has 6 heteroatoms. The van der Waals surface area contributed by atoms with Gasteiger partial charge in [-0.25, -0.2) is 8.42 Å². The Kier molecular flexibility index (Phi) is 5.27. The molecule has 2 unspecified atom stereocenters. The van der Waals surface area contributed by atoms with E-state index >= 15 is 0 Å². The second-order valence-corrected chi connectivity index (χ2v) is 8.27. The van der Waals surface area contributed by atoms with Crippen LogP contribution in [0.3, 0.4) is 0 Å². The second kappa shape index (κ2) is 6.79. The van der Waals surface area contributed by atoms with E-state index in [1.54, 1.807) is 0 Å². The molecule has 4 nitrogen and oxygen atoms in total. The molecule has 21 heavy (non-hydrogen) atoms. The summed E-state index contributed by atoms with van der Waals surface area (Å²) in [4.78, 5) is 12.3. The highest BCUT2D eigenvalue weighted by Gasteiger charge is 2.20. The molecule has 0 bridgehead atoms. The molecule has 0 spiro atoms. The molecular formula is C15H20ClNO3S. The van der Waals surface area contributed by atoms with Crippen molar-refractivity contribution in [3.05, 3.63) is 29.8 Å². The number of benzene rings is 1. The van der Waals surface area contributed by atoms with E-state index < -0.39 is 9.84 Å². The normalized spacial score (nSPS) is 22.8. The Bertz CT molecular complexity index is 598. The summed E-state index contributed by atoms with van der Waals surface area (Å²) in [7, 11) is -3.23.